The largest absolute Gasteiger partial charge is 0.497 e. The Bertz CT molecular complexity index is 1320. The molecule has 0 aliphatic rings. The van der Waals surface area contributed by atoms with Crippen LogP contribution in [0.25, 0.3) is 10.2 Å². The van der Waals surface area contributed by atoms with E-state index in [1.807, 2.05) is 54.6 Å². The molecule has 0 fully saturated rings. The lowest BCUT2D eigenvalue weighted by Gasteiger charge is -2.22. The van der Waals surface area contributed by atoms with Crippen molar-refractivity contribution in [2.45, 2.75) is 13.0 Å². The molecule has 0 bridgehead atoms. The molecule has 0 atom stereocenters. The molecule has 0 saturated carbocycles. The van der Waals surface area contributed by atoms with Crippen molar-refractivity contribution >= 4 is 38.3 Å². The second kappa shape index (κ2) is 10.1. The molecule has 166 valence electrons. The highest BCUT2D eigenvalue weighted by atomic mass is 32.1. The third kappa shape index (κ3) is 5.62. The number of methoxy groups -OCH3 is 1. The van der Waals surface area contributed by atoms with Gasteiger partial charge in [0.2, 0.25) is 0 Å². The number of aromatic nitrogens is 1. The van der Waals surface area contributed by atoms with Crippen molar-refractivity contribution in [3.63, 3.8) is 0 Å². The SMILES string of the molecule is COc1ccc(CCN(Cc2ccc(C#CC(=O)O)cc2)c2nc3cccc(N)c3s2)cc1. The van der Waals surface area contributed by atoms with Crippen molar-refractivity contribution in [3.05, 3.63) is 83.4 Å². The van der Waals surface area contributed by atoms with Crippen LogP contribution in [0.15, 0.2) is 66.7 Å². The zero-order valence-corrected chi connectivity index (χ0v) is 18.9. The molecule has 4 rings (SSSR count). The van der Waals surface area contributed by atoms with E-state index in [4.69, 9.17) is 20.6 Å². The number of aliphatic carboxylic acids is 1. The molecular weight excluding hydrogens is 434 g/mol. The minimum atomic E-state index is -1.14. The normalized spacial score (nSPS) is 10.5. The summed E-state index contributed by atoms with van der Waals surface area (Å²) in [6.45, 7) is 1.43. The number of carboxylic acids is 1. The smallest absolute Gasteiger partial charge is 0.382 e. The number of anilines is 2. The Morgan fingerprint density at radius 2 is 1.82 bits per heavy atom. The highest BCUT2D eigenvalue weighted by Crippen LogP contribution is 2.33. The van der Waals surface area contributed by atoms with Crippen LogP contribution in [0.1, 0.15) is 16.7 Å². The number of benzene rings is 3. The Morgan fingerprint density at radius 1 is 1.09 bits per heavy atom. The monoisotopic (exact) mass is 457 g/mol. The predicted octanol–water partition coefficient (Wildman–Crippen LogP) is 4.57. The number of nitrogens with two attached hydrogens (primary N) is 1. The van der Waals surface area contributed by atoms with Gasteiger partial charge in [0.25, 0.3) is 0 Å². The number of hydrogen-bond acceptors (Lipinski definition) is 6. The average Bonchev–Trinajstić information content (AvgIpc) is 3.27. The van der Waals surface area contributed by atoms with Crippen LogP contribution < -0.4 is 15.4 Å². The second-order valence-corrected chi connectivity index (χ2v) is 8.44. The van der Waals surface area contributed by atoms with Crippen molar-refractivity contribution in [2.75, 3.05) is 24.3 Å². The lowest BCUT2D eigenvalue weighted by atomic mass is 10.1. The van der Waals surface area contributed by atoms with Crippen LogP contribution in [0.2, 0.25) is 0 Å². The van der Waals surface area contributed by atoms with Crippen molar-refractivity contribution in [2.24, 2.45) is 0 Å². The highest BCUT2D eigenvalue weighted by molar-refractivity contribution is 7.22. The molecule has 33 heavy (non-hydrogen) atoms. The molecule has 0 aliphatic heterocycles. The fraction of sp³-hybridized carbons (Fsp3) is 0.154. The van der Waals surface area contributed by atoms with Gasteiger partial charge in [0.15, 0.2) is 5.13 Å². The van der Waals surface area contributed by atoms with E-state index in [0.717, 1.165) is 45.3 Å². The first-order valence-electron chi connectivity index (χ1n) is 10.4. The lowest BCUT2D eigenvalue weighted by Crippen LogP contribution is -2.25. The number of rotatable bonds is 7. The number of nitrogen functional groups attached to an aromatic ring is 1. The summed E-state index contributed by atoms with van der Waals surface area (Å²) in [5, 5.41) is 9.64. The van der Waals surface area contributed by atoms with E-state index in [1.54, 1.807) is 18.4 Å². The van der Waals surface area contributed by atoms with E-state index in [2.05, 4.69) is 28.9 Å². The van der Waals surface area contributed by atoms with Crippen molar-refractivity contribution < 1.29 is 14.6 Å². The predicted molar refractivity (Wildman–Crippen MR) is 133 cm³/mol. The maximum absolute atomic E-state index is 10.7. The van der Waals surface area contributed by atoms with Gasteiger partial charge in [0.1, 0.15) is 5.75 Å². The molecule has 1 heterocycles. The molecule has 3 N–H and O–H groups in total. The van der Waals surface area contributed by atoms with E-state index in [0.29, 0.717) is 12.1 Å². The Labute approximate surface area is 196 Å². The van der Waals surface area contributed by atoms with Crippen molar-refractivity contribution in [1.82, 2.24) is 4.98 Å². The first kappa shape index (κ1) is 22.2. The number of hydrogen-bond donors (Lipinski definition) is 2. The van der Waals surface area contributed by atoms with Gasteiger partial charge in [-0.2, -0.15) is 0 Å². The number of carboxylic acid groups (broad SMARTS) is 1. The standard InChI is InChI=1S/C26H23N3O3S/c1-32-21-12-9-19(10-13-21)15-16-29(26-28-23-4-2-3-22(27)25(23)33-26)17-20-7-5-18(6-8-20)11-14-24(30)31/h2-10,12-13H,15-17,27H2,1H3,(H,30,31). The first-order valence-corrected chi connectivity index (χ1v) is 11.2. The van der Waals surface area contributed by atoms with Gasteiger partial charge >= 0.3 is 5.97 Å². The second-order valence-electron chi connectivity index (χ2n) is 7.46. The van der Waals surface area contributed by atoms with Crippen molar-refractivity contribution in [3.8, 4) is 17.6 Å². The fourth-order valence-electron chi connectivity index (χ4n) is 3.43. The minimum absolute atomic E-state index is 0.655. The summed E-state index contributed by atoms with van der Waals surface area (Å²) in [5.74, 6) is 4.48. The number of fused-ring (bicyclic) bond motifs is 1. The molecule has 3 aromatic carbocycles. The molecule has 4 aromatic rings. The van der Waals surface area contributed by atoms with E-state index in [-0.39, 0.29) is 0 Å². The summed E-state index contributed by atoms with van der Waals surface area (Å²) >= 11 is 1.59. The third-order valence-electron chi connectivity index (χ3n) is 5.18. The van der Waals surface area contributed by atoms with E-state index in [9.17, 15) is 4.79 Å². The highest BCUT2D eigenvalue weighted by Gasteiger charge is 2.14. The Morgan fingerprint density at radius 3 is 2.48 bits per heavy atom. The summed E-state index contributed by atoms with van der Waals surface area (Å²) in [4.78, 5) is 17.7. The van der Waals surface area contributed by atoms with E-state index >= 15 is 0 Å². The zero-order chi connectivity index (χ0) is 23.2. The Kier molecular flexibility index (Phi) is 6.77. The van der Waals surface area contributed by atoms with Crippen LogP contribution in [0.5, 0.6) is 5.75 Å². The topological polar surface area (TPSA) is 88.7 Å². The summed E-state index contributed by atoms with van der Waals surface area (Å²) in [5.41, 5.74) is 10.7. The van der Waals surface area contributed by atoms with E-state index in [1.165, 1.54) is 5.56 Å². The molecule has 0 unspecified atom stereocenters. The fourth-order valence-corrected chi connectivity index (χ4v) is 4.45. The molecule has 0 aliphatic carbocycles. The number of ether oxygens (including phenoxy) is 1. The Balaban J connectivity index is 1.58. The average molecular weight is 458 g/mol. The Hall–Kier alpha value is -4.02. The van der Waals surface area contributed by atoms with Crippen molar-refractivity contribution in [1.29, 1.82) is 0 Å². The summed E-state index contributed by atoms with van der Waals surface area (Å²) < 4.78 is 6.24. The molecule has 6 nitrogen and oxygen atoms in total. The molecule has 0 radical (unpaired) electrons. The lowest BCUT2D eigenvalue weighted by molar-refractivity contribution is -0.130. The molecular formula is C26H23N3O3S. The van der Waals surface area contributed by atoms with Gasteiger partial charge in [0, 0.05) is 24.6 Å². The summed E-state index contributed by atoms with van der Waals surface area (Å²) in [7, 11) is 1.66. The maximum Gasteiger partial charge on any atom is 0.382 e. The maximum atomic E-state index is 10.7. The summed E-state index contributed by atoms with van der Waals surface area (Å²) in [6.07, 6.45) is 0.845. The van der Waals surface area contributed by atoms with Gasteiger partial charge in [0.05, 0.1) is 23.0 Å². The molecule has 0 amide bonds. The summed E-state index contributed by atoms with van der Waals surface area (Å²) in [6, 6.07) is 21.5. The van der Waals surface area contributed by atoms with Crippen LogP contribution >= 0.6 is 11.3 Å². The van der Waals surface area contributed by atoms with Gasteiger partial charge < -0.3 is 20.5 Å². The van der Waals surface area contributed by atoms with Crippen LogP contribution in [0.4, 0.5) is 10.8 Å². The zero-order valence-electron chi connectivity index (χ0n) is 18.1. The van der Waals surface area contributed by atoms with Crippen LogP contribution in [0, 0.1) is 11.8 Å². The molecule has 1 aromatic heterocycles. The first-order chi connectivity index (χ1) is 16.0. The van der Waals surface area contributed by atoms with Gasteiger partial charge in [-0.1, -0.05) is 47.6 Å². The molecule has 7 heteroatoms. The number of carbonyl (C=O) groups is 1. The van der Waals surface area contributed by atoms with Crippen LogP contribution in [0.3, 0.4) is 0 Å². The van der Waals surface area contributed by atoms with Gasteiger partial charge in [-0.05, 0) is 53.9 Å². The molecule has 0 spiro atoms. The third-order valence-corrected chi connectivity index (χ3v) is 6.36. The van der Waals surface area contributed by atoms with E-state index < -0.39 is 5.97 Å². The van der Waals surface area contributed by atoms with Gasteiger partial charge in [-0.25, -0.2) is 9.78 Å². The number of thiazole rings is 1. The van der Waals surface area contributed by atoms with Gasteiger partial charge in [-0.15, -0.1) is 0 Å². The van der Waals surface area contributed by atoms with Gasteiger partial charge in [-0.3, -0.25) is 0 Å². The van der Waals surface area contributed by atoms with Crippen LogP contribution in [-0.4, -0.2) is 29.7 Å². The quantitative estimate of drug-likeness (QED) is 0.312. The minimum Gasteiger partial charge on any atom is -0.497 e. The van der Waals surface area contributed by atoms with Crippen LogP contribution in [-0.2, 0) is 17.8 Å². The molecule has 0 saturated heterocycles. The number of nitrogens with zero attached hydrogens (tertiary/aromatic N) is 2.